The SMILES string of the molecule is CC(C)(C)NS(=O)(=O)c1ccc(C(=O)NCCNC(=O)c2cccnc2)cc1. The van der Waals surface area contributed by atoms with E-state index in [1.54, 1.807) is 39.1 Å². The summed E-state index contributed by atoms with van der Waals surface area (Å²) in [6.07, 6.45) is 3.03. The molecule has 1 aromatic carbocycles. The zero-order chi connectivity index (χ0) is 20.8. The van der Waals surface area contributed by atoms with E-state index in [1.165, 1.54) is 30.5 Å². The lowest BCUT2D eigenvalue weighted by atomic mass is 10.1. The van der Waals surface area contributed by atoms with E-state index >= 15 is 0 Å². The largest absolute Gasteiger partial charge is 0.350 e. The Hall–Kier alpha value is -2.78. The number of carbonyl (C=O) groups is 2. The Labute approximate surface area is 164 Å². The molecule has 0 saturated heterocycles. The fraction of sp³-hybridized carbons (Fsp3) is 0.316. The minimum Gasteiger partial charge on any atom is -0.350 e. The molecule has 9 heteroatoms. The van der Waals surface area contributed by atoms with Gasteiger partial charge in [-0.2, -0.15) is 0 Å². The van der Waals surface area contributed by atoms with E-state index in [9.17, 15) is 18.0 Å². The van der Waals surface area contributed by atoms with Crippen LogP contribution in [0.25, 0.3) is 0 Å². The number of sulfonamides is 1. The van der Waals surface area contributed by atoms with Gasteiger partial charge in [-0.05, 0) is 57.2 Å². The first kappa shape index (κ1) is 21.5. The van der Waals surface area contributed by atoms with Gasteiger partial charge < -0.3 is 10.6 Å². The fourth-order valence-electron chi connectivity index (χ4n) is 2.30. The van der Waals surface area contributed by atoms with Gasteiger partial charge in [0.15, 0.2) is 0 Å². The van der Waals surface area contributed by atoms with Crippen LogP contribution >= 0.6 is 0 Å². The van der Waals surface area contributed by atoms with E-state index in [0.717, 1.165) is 0 Å². The van der Waals surface area contributed by atoms with Crippen LogP contribution in [0.3, 0.4) is 0 Å². The van der Waals surface area contributed by atoms with Crippen molar-refractivity contribution in [3.05, 3.63) is 59.9 Å². The van der Waals surface area contributed by atoms with Crippen molar-refractivity contribution in [2.24, 2.45) is 0 Å². The van der Waals surface area contributed by atoms with E-state index < -0.39 is 15.6 Å². The summed E-state index contributed by atoms with van der Waals surface area (Å²) in [4.78, 5) is 28.0. The molecule has 0 bridgehead atoms. The second-order valence-corrected chi connectivity index (χ2v) is 8.82. The molecule has 2 amide bonds. The van der Waals surface area contributed by atoms with Crippen LogP contribution in [0.5, 0.6) is 0 Å². The first-order chi connectivity index (χ1) is 13.1. The van der Waals surface area contributed by atoms with Gasteiger partial charge in [0, 0.05) is 36.6 Å². The molecule has 3 N–H and O–H groups in total. The number of hydrogen-bond donors (Lipinski definition) is 3. The molecule has 8 nitrogen and oxygen atoms in total. The predicted octanol–water partition coefficient (Wildman–Crippen LogP) is 1.32. The number of carbonyl (C=O) groups excluding carboxylic acids is 2. The molecule has 0 aliphatic rings. The number of hydrogen-bond acceptors (Lipinski definition) is 5. The van der Waals surface area contributed by atoms with Gasteiger partial charge in [-0.25, -0.2) is 13.1 Å². The van der Waals surface area contributed by atoms with Gasteiger partial charge in [0.25, 0.3) is 11.8 Å². The Kier molecular flexibility index (Phi) is 6.87. The molecule has 0 aliphatic carbocycles. The highest BCUT2D eigenvalue weighted by molar-refractivity contribution is 7.89. The Balaban J connectivity index is 1.85. The smallest absolute Gasteiger partial charge is 0.252 e. The number of pyridine rings is 1. The van der Waals surface area contributed by atoms with Crippen molar-refractivity contribution in [2.75, 3.05) is 13.1 Å². The Morgan fingerprint density at radius 2 is 1.50 bits per heavy atom. The van der Waals surface area contributed by atoms with Gasteiger partial charge in [-0.15, -0.1) is 0 Å². The summed E-state index contributed by atoms with van der Waals surface area (Å²) in [7, 11) is -3.65. The summed E-state index contributed by atoms with van der Waals surface area (Å²) in [6.45, 7) is 5.73. The molecule has 0 aliphatic heterocycles. The van der Waals surface area contributed by atoms with Crippen LogP contribution in [-0.2, 0) is 10.0 Å². The molecule has 150 valence electrons. The Bertz CT molecular complexity index is 921. The third-order valence-electron chi connectivity index (χ3n) is 3.49. The lowest BCUT2D eigenvalue weighted by Crippen LogP contribution is -2.40. The highest BCUT2D eigenvalue weighted by atomic mass is 32.2. The number of aromatic nitrogens is 1. The van der Waals surface area contributed by atoms with Gasteiger partial charge in [0.2, 0.25) is 10.0 Å². The number of nitrogens with zero attached hydrogens (tertiary/aromatic N) is 1. The fourth-order valence-corrected chi connectivity index (χ4v) is 3.72. The lowest BCUT2D eigenvalue weighted by Gasteiger charge is -2.20. The molecule has 0 unspecified atom stereocenters. The van der Waals surface area contributed by atoms with Crippen molar-refractivity contribution in [3.8, 4) is 0 Å². The van der Waals surface area contributed by atoms with E-state index in [1.807, 2.05) is 0 Å². The highest BCUT2D eigenvalue weighted by Crippen LogP contribution is 2.13. The Morgan fingerprint density at radius 1 is 0.929 bits per heavy atom. The summed E-state index contributed by atoms with van der Waals surface area (Å²) in [5, 5.41) is 5.34. The van der Waals surface area contributed by atoms with E-state index in [0.29, 0.717) is 11.1 Å². The van der Waals surface area contributed by atoms with Crippen molar-refractivity contribution in [1.29, 1.82) is 0 Å². The third kappa shape index (κ3) is 6.43. The van der Waals surface area contributed by atoms with Crippen LogP contribution in [0.1, 0.15) is 41.5 Å². The van der Waals surface area contributed by atoms with Crippen LogP contribution in [0.2, 0.25) is 0 Å². The summed E-state index contributed by atoms with van der Waals surface area (Å²) in [5.74, 6) is -0.633. The summed E-state index contributed by atoms with van der Waals surface area (Å²) < 4.78 is 27.1. The van der Waals surface area contributed by atoms with Crippen LogP contribution in [-0.4, -0.2) is 43.8 Å². The lowest BCUT2D eigenvalue weighted by molar-refractivity contribution is 0.0927. The molecule has 0 saturated carbocycles. The summed E-state index contributed by atoms with van der Waals surface area (Å²) in [6, 6.07) is 8.96. The van der Waals surface area contributed by atoms with Crippen LogP contribution in [0.15, 0.2) is 53.7 Å². The number of benzene rings is 1. The molecule has 0 spiro atoms. The predicted molar refractivity (Wildman–Crippen MR) is 105 cm³/mol. The molecular formula is C19H24N4O4S. The first-order valence-corrected chi connectivity index (χ1v) is 10.2. The van der Waals surface area contributed by atoms with Crippen LogP contribution in [0.4, 0.5) is 0 Å². The molecule has 0 fully saturated rings. The van der Waals surface area contributed by atoms with Crippen molar-refractivity contribution < 1.29 is 18.0 Å². The van der Waals surface area contributed by atoms with Gasteiger partial charge in [-0.1, -0.05) is 0 Å². The molecule has 2 rings (SSSR count). The maximum absolute atomic E-state index is 12.3. The third-order valence-corrected chi connectivity index (χ3v) is 5.26. The molecular weight excluding hydrogens is 380 g/mol. The second-order valence-electron chi connectivity index (χ2n) is 7.13. The molecule has 28 heavy (non-hydrogen) atoms. The van der Waals surface area contributed by atoms with E-state index in [-0.39, 0.29) is 29.8 Å². The topological polar surface area (TPSA) is 117 Å². The number of rotatable bonds is 7. The highest BCUT2D eigenvalue weighted by Gasteiger charge is 2.22. The Morgan fingerprint density at radius 3 is 2.00 bits per heavy atom. The van der Waals surface area contributed by atoms with Crippen molar-refractivity contribution in [2.45, 2.75) is 31.2 Å². The van der Waals surface area contributed by atoms with Crippen molar-refractivity contribution in [3.63, 3.8) is 0 Å². The maximum Gasteiger partial charge on any atom is 0.252 e. The minimum absolute atomic E-state index is 0.0858. The average molecular weight is 404 g/mol. The zero-order valence-corrected chi connectivity index (χ0v) is 16.8. The number of nitrogens with one attached hydrogen (secondary N) is 3. The van der Waals surface area contributed by atoms with E-state index in [2.05, 4.69) is 20.3 Å². The maximum atomic E-state index is 12.3. The molecule has 0 atom stereocenters. The van der Waals surface area contributed by atoms with Crippen LogP contribution < -0.4 is 15.4 Å². The molecule has 2 aromatic rings. The first-order valence-electron chi connectivity index (χ1n) is 8.69. The average Bonchev–Trinajstić information content (AvgIpc) is 2.64. The molecule has 1 heterocycles. The van der Waals surface area contributed by atoms with Gasteiger partial charge in [0.1, 0.15) is 0 Å². The standard InChI is InChI=1S/C19H24N4O4S/c1-19(2,3)23-28(26,27)16-8-6-14(7-9-16)17(24)21-11-12-22-18(25)15-5-4-10-20-13-15/h4-10,13,23H,11-12H2,1-3H3,(H,21,24)(H,22,25). The summed E-state index contributed by atoms with van der Waals surface area (Å²) in [5.41, 5.74) is 0.164. The number of amides is 2. The molecule has 1 aromatic heterocycles. The van der Waals surface area contributed by atoms with E-state index in [4.69, 9.17) is 0 Å². The summed E-state index contributed by atoms with van der Waals surface area (Å²) >= 11 is 0. The van der Waals surface area contributed by atoms with Crippen molar-refractivity contribution in [1.82, 2.24) is 20.3 Å². The molecule has 0 radical (unpaired) electrons. The van der Waals surface area contributed by atoms with Crippen molar-refractivity contribution >= 4 is 21.8 Å². The quantitative estimate of drug-likeness (QED) is 0.602. The zero-order valence-electron chi connectivity index (χ0n) is 16.0. The van der Waals surface area contributed by atoms with Gasteiger partial charge in [-0.3, -0.25) is 14.6 Å². The minimum atomic E-state index is -3.65. The van der Waals surface area contributed by atoms with Gasteiger partial charge >= 0.3 is 0 Å². The normalized spacial score (nSPS) is 11.7. The second kappa shape index (κ2) is 8.94. The monoisotopic (exact) mass is 404 g/mol. The van der Waals surface area contributed by atoms with Crippen LogP contribution in [0, 0.1) is 0 Å². The van der Waals surface area contributed by atoms with Gasteiger partial charge in [0.05, 0.1) is 10.5 Å².